The monoisotopic (exact) mass is 197 g/mol. The van der Waals surface area contributed by atoms with Gasteiger partial charge in [-0.1, -0.05) is 12.1 Å². The Kier molecular flexibility index (Phi) is 2.56. The van der Waals surface area contributed by atoms with Crippen LogP contribution in [0.3, 0.4) is 0 Å². The highest BCUT2D eigenvalue weighted by molar-refractivity contribution is 7.99. The Labute approximate surface area is 81.7 Å². The molecule has 1 aromatic carbocycles. The van der Waals surface area contributed by atoms with E-state index in [0.29, 0.717) is 6.04 Å². The van der Waals surface area contributed by atoms with Gasteiger partial charge in [0.15, 0.2) is 0 Å². The molecule has 0 saturated heterocycles. The fourth-order valence-corrected chi connectivity index (χ4v) is 2.76. The molecule has 2 rings (SSSR count). The van der Waals surface area contributed by atoms with Crippen molar-refractivity contribution >= 4 is 11.8 Å². The van der Waals surface area contributed by atoms with E-state index < -0.39 is 0 Å². The van der Waals surface area contributed by atoms with E-state index in [9.17, 15) is 4.39 Å². The van der Waals surface area contributed by atoms with Crippen molar-refractivity contribution in [2.75, 3.05) is 12.8 Å². The molecule has 0 fully saturated rings. The standard InChI is InChI=1S/C10H12FNS/c1-12-8-5-7-3-2-4-9(11)10(7)13-6-8/h2-4,8,12H,5-6H2,1H3. The van der Waals surface area contributed by atoms with Crippen LogP contribution in [0.4, 0.5) is 4.39 Å². The Bertz CT molecular complexity index is 314. The molecule has 0 bridgehead atoms. The van der Waals surface area contributed by atoms with E-state index in [-0.39, 0.29) is 5.82 Å². The lowest BCUT2D eigenvalue weighted by Gasteiger charge is -2.23. The van der Waals surface area contributed by atoms with Crippen molar-refractivity contribution in [3.05, 3.63) is 29.6 Å². The smallest absolute Gasteiger partial charge is 0.137 e. The zero-order valence-electron chi connectivity index (χ0n) is 7.51. The number of hydrogen-bond donors (Lipinski definition) is 1. The van der Waals surface area contributed by atoms with Crippen LogP contribution in [0, 0.1) is 5.82 Å². The van der Waals surface area contributed by atoms with Crippen LogP contribution < -0.4 is 5.32 Å². The van der Waals surface area contributed by atoms with Crippen molar-refractivity contribution in [3.8, 4) is 0 Å². The minimum absolute atomic E-state index is 0.0722. The summed E-state index contributed by atoms with van der Waals surface area (Å²) in [5.74, 6) is 0.891. The summed E-state index contributed by atoms with van der Waals surface area (Å²) in [5.41, 5.74) is 1.13. The predicted octanol–water partition coefficient (Wildman–Crippen LogP) is 2.06. The van der Waals surface area contributed by atoms with Crippen LogP contribution in [0.25, 0.3) is 0 Å². The third-order valence-electron chi connectivity index (χ3n) is 2.35. The lowest BCUT2D eigenvalue weighted by Crippen LogP contribution is -2.32. The van der Waals surface area contributed by atoms with Crippen LogP contribution >= 0.6 is 11.8 Å². The lowest BCUT2D eigenvalue weighted by atomic mass is 10.1. The minimum Gasteiger partial charge on any atom is -0.316 e. The molecule has 0 saturated carbocycles. The number of rotatable bonds is 1. The Morgan fingerprint density at radius 2 is 2.38 bits per heavy atom. The first-order valence-electron chi connectivity index (χ1n) is 4.38. The second kappa shape index (κ2) is 3.68. The molecular formula is C10H12FNS. The number of nitrogens with one attached hydrogen (secondary N) is 1. The molecule has 0 amide bonds. The molecule has 1 N–H and O–H groups in total. The number of benzene rings is 1. The van der Waals surface area contributed by atoms with Crippen LogP contribution in [0.1, 0.15) is 5.56 Å². The Morgan fingerprint density at radius 3 is 3.15 bits per heavy atom. The van der Waals surface area contributed by atoms with E-state index >= 15 is 0 Å². The molecular weight excluding hydrogens is 185 g/mol. The molecule has 1 atom stereocenters. The number of halogens is 1. The molecule has 1 aliphatic heterocycles. The number of thioether (sulfide) groups is 1. The lowest BCUT2D eigenvalue weighted by molar-refractivity contribution is 0.567. The number of likely N-dealkylation sites (N-methyl/N-ethyl adjacent to an activating group) is 1. The SMILES string of the molecule is CNC1CSc2c(F)cccc2C1. The summed E-state index contributed by atoms with van der Waals surface area (Å²) >= 11 is 1.61. The molecule has 0 spiro atoms. The Morgan fingerprint density at radius 1 is 1.54 bits per heavy atom. The first kappa shape index (κ1) is 9.03. The van der Waals surface area contributed by atoms with E-state index in [2.05, 4.69) is 5.32 Å². The largest absolute Gasteiger partial charge is 0.316 e. The second-order valence-electron chi connectivity index (χ2n) is 3.23. The highest BCUT2D eigenvalue weighted by Crippen LogP contribution is 2.31. The summed E-state index contributed by atoms with van der Waals surface area (Å²) in [6.07, 6.45) is 0.941. The van der Waals surface area contributed by atoms with Gasteiger partial charge in [0.2, 0.25) is 0 Å². The molecule has 0 radical (unpaired) electrons. The summed E-state index contributed by atoms with van der Waals surface area (Å²) in [6.45, 7) is 0. The average Bonchev–Trinajstić information content (AvgIpc) is 2.18. The quantitative estimate of drug-likeness (QED) is 0.739. The second-order valence-corrected chi connectivity index (χ2v) is 4.26. The third-order valence-corrected chi connectivity index (χ3v) is 3.67. The molecule has 1 unspecified atom stereocenters. The van der Waals surface area contributed by atoms with Crippen molar-refractivity contribution in [3.63, 3.8) is 0 Å². The molecule has 1 nitrogen and oxygen atoms in total. The molecule has 1 aromatic rings. The number of hydrogen-bond acceptors (Lipinski definition) is 2. The Hall–Kier alpha value is -0.540. The summed E-state index contributed by atoms with van der Waals surface area (Å²) in [5, 5.41) is 3.22. The van der Waals surface area contributed by atoms with Gasteiger partial charge in [0.1, 0.15) is 5.82 Å². The van der Waals surface area contributed by atoms with Crippen LogP contribution in [-0.4, -0.2) is 18.8 Å². The van der Waals surface area contributed by atoms with Gasteiger partial charge in [-0.25, -0.2) is 4.39 Å². The summed E-state index contributed by atoms with van der Waals surface area (Å²) in [7, 11) is 1.95. The van der Waals surface area contributed by atoms with Gasteiger partial charge >= 0.3 is 0 Å². The third kappa shape index (κ3) is 1.71. The van der Waals surface area contributed by atoms with Crippen molar-refractivity contribution in [2.45, 2.75) is 17.4 Å². The van der Waals surface area contributed by atoms with Gasteiger partial charge < -0.3 is 5.32 Å². The van der Waals surface area contributed by atoms with E-state index in [0.717, 1.165) is 22.6 Å². The van der Waals surface area contributed by atoms with Gasteiger partial charge in [-0.2, -0.15) is 0 Å². The molecule has 13 heavy (non-hydrogen) atoms. The molecule has 1 aliphatic rings. The van der Waals surface area contributed by atoms with Crippen LogP contribution in [-0.2, 0) is 6.42 Å². The van der Waals surface area contributed by atoms with Crippen molar-refractivity contribution in [1.82, 2.24) is 5.32 Å². The molecule has 0 aliphatic carbocycles. The van der Waals surface area contributed by atoms with Crippen LogP contribution in [0.15, 0.2) is 23.1 Å². The highest BCUT2D eigenvalue weighted by atomic mass is 32.2. The van der Waals surface area contributed by atoms with E-state index in [1.807, 2.05) is 13.1 Å². The summed E-state index contributed by atoms with van der Waals surface area (Å²) in [6, 6.07) is 5.81. The molecule has 70 valence electrons. The number of fused-ring (bicyclic) bond motifs is 1. The van der Waals surface area contributed by atoms with E-state index in [4.69, 9.17) is 0 Å². The minimum atomic E-state index is -0.0722. The van der Waals surface area contributed by atoms with Gasteiger partial charge in [0.25, 0.3) is 0 Å². The summed E-state index contributed by atoms with van der Waals surface area (Å²) < 4.78 is 13.3. The normalized spacial score (nSPS) is 21.2. The van der Waals surface area contributed by atoms with E-state index in [1.54, 1.807) is 17.8 Å². The van der Waals surface area contributed by atoms with E-state index in [1.165, 1.54) is 6.07 Å². The molecule has 3 heteroatoms. The van der Waals surface area contributed by atoms with Gasteiger partial charge in [-0.05, 0) is 25.1 Å². The molecule has 1 heterocycles. The van der Waals surface area contributed by atoms with Crippen molar-refractivity contribution < 1.29 is 4.39 Å². The molecule has 0 aromatic heterocycles. The Balaban J connectivity index is 2.31. The van der Waals surface area contributed by atoms with Gasteiger partial charge in [0, 0.05) is 16.7 Å². The fourth-order valence-electron chi connectivity index (χ4n) is 1.57. The maximum atomic E-state index is 13.3. The highest BCUT2D eigenvalue weighted by Gasteiger charge is 2.19. The first-order valence-corrected chi connectivity index (χ1v) is 5.37. The zero-order valence-corrected chi connectivity index (χ0v) is 8.33. The van der Waals surface area contributed by atoms with Crippen LogP contribution in [0.2, 0.25) is 0 Å². The zero-order chi connectivity index (χ0) is 9.26. The average molecular weight is 197 g/mol. The fraction of sp³-hybridized carbons (Fsp3) is 0.400. The van der Waals surface area contributed by atoms with Crippen molar-refractivity contribution in [1.29, 1.82) is 0 Å². The maximum absolute atomic E-state index is 13.3. The van der Waals surface area contributed by atoms with Gasteiger partial charge in [-0.15, -0.1) is 11.8 Å². The van der Waals surface area contributed by atoms with Crippen LogP contribution in [0.5, 0.6) is 0 Å². The maximum Gasteiger partial charge on any atom is 0.137 e. The van der Waals surface area contributed by atoms with Crippen molar-refractivity contribution in [2.24, 2.45) is 0 Å². The summed E-state index contributed by atoms with van der Waals surface area (Å²) in [4.78, 5) is 0.842. The van der Waals surface area contributed by atoms with Gasteiger partial charge in [-0.3, -0.25) is 0 Å². The topological polar surface area (TPSA) is 12.0 Å². The first-order chi connectivity index (χ1) is 6.31. The predicted molar refractivity (Wildman–Crippen MR) is 53.7 cm³/mol. The van der Waals surface area contributed by atoms with Gasteiger partial charge in [0.05, 0.1) is 0 Å².